The fourth-order valence-electron chi connectivity index (χ4n) is 0.741. The van der Waals surface area contributed by atoms with E-state index in [1.54, 1.807) is 24.3 Å². The van der Waals surface area contributed by atoms with E-state index in [-0.39, 0.29) is 13.1 Å². The third kappa shape index (κ3) is 5.77. The summed E-state index contributed by atoms with van der Waals surface area (Å²) in [5.74, 6) is 0. The van der Waals surface area contributed by atoms with E-state index in [0.29, 0.717) is 0 Å². The van der Waals surface area contributed by atoms with Gasteiger partial charge in [-0.2, -0.15) is 0 Å². The molecule has 5 heteroatoms. The molecule has 13 heavy (non-hydrogen) atoms. The van der Waals surface area contributed by atoms with Gasteiger partial charge in [0.1, 0.15) is 0 Å². The molecule has 0 heterocycles. The van der Waals surface area contributed by atoms with Gasteiger partial charge in [0, 0.05) is 13.1 Å². The molecule has 0 spiro atoms. The minimum absolute atomic E-state index is 0.269. The van der Waals surface area contributed by atoms with E-state index in [1.807, 2.05) is 13.8 Å². The fourth-order valence-corrected chi connectivity index (χ4v) is 1.36. The molecule has 4 nitrogen and oxygen atoms in total. The van der Waals surface area contributed by atoms with Crippen LogP contribution in [0.2, 0.25) is 0 Å². The standard InChI is InChI=1S/C8H16NO3P/c1-3-5-7-9(8-6-4-2)13(10,11)12/h3-6H,7-8H2,1-2H3,(H2,10,11,12)/b5-3+,6-4+. The third-order valence-electron chi connectivity index (χ3n) is 1.47. The molecule has 0 atom stereocenters. The predicted molar refractivity (Wildman–Crippen MR) is 53.2 cm³/mol. The van der Waals surface area contributed by atoms with Crippen LogP contribution in [-0.4, -0.2) is 27.5 Å². The number of rotatable bonds is 5. The average Bonchev–Trinajstić information content (AvgIpc) is 2.02. The summed E-state index contributed by atoms with van der Waals surface area (Å²) in [5.41, 5.74) is 0. The van der Waals surface area contributed by atoms with Crippen LogP contribution in [0.5, 0.6) is 0 Å². The SMILES string of the molecule is C/C=C/CN(C/C=C/C)P(=O)(O)O. The average molecular weight is 205 g/mol. The fraction of sp³-hybridized carbons (Fsp3) is 0.500. The summed E-state index contributed by atoms with van der Waals surface area (Å²) in [6.07, 6.45) is 6.95. The molecule has 0 amide bonds. The Morgan fingerprint density at radius 3 is 1.77 bits per heavy atom. The molecule has 0 rings (SSSR count). The second-order valence-corrected chi connectivity index (χ2v) is 4.12. The monoisotopic (exact) mass is 205 g/mol. The van der Waals surface area contributed by atoms with Gasteiger partial charge in [0.15, 0.2) is 0 Å². The van der Waals surface area contributed by atoms with Crippen LogP contribution < -0.4 is 0 Å². The largest absolute Gasteiger partial charge is 0.403 e. The van der Waals surface area contributed by atoms with Gasteiger partial charge in [-0.15, -0.1) is 0 Å². The molecule has 0 saturated heterocycles. The van der Waals surface area contributed by atoms with Crippen molar-refractivity contribution in [1.29, 1.82) is 0 Å². The van der Waals surface area contributed by atoms with E-state index in [4.69, 9.17) is 9.79 Å². The first-order valence-electron chi connectivity index (χ1n) is 4.05. The van der Waals surface area contributed by atoms with Crippen LogP contribution in [0.25, 0.3) is 0 Å². The Hall–Kier alpha value is -0.410. The zero-order valence-electron chi connectivity index (χ0n) is 7.92. The van der Waals surface area contributed by atoms with Gasteiger partial charge in [0.25, 0.3) is 0 Å². The minimum atomic E-state index is -4.10. The van der Waals surface area contributed by atoms with Crippen molar-refractivity contribution in [2.45, 2.75) is 13.8 Å². The number of hydrogen-bond acceptors (Lipinski definition) is 1. The summed E-state index contributed by atoms with van der Waals surface area (Å²) in [6.45, 7) is 4.16. The van der Waals surface area contributed by atoms with Crippen LogP contribution in [0.4, 0.5) is 0 Å². The van der Waals surface area contributed by atoms with Crippen molar-refractivity contribution >= 4 is 7.75 Å². The lowest BCUT2D eigenvalue weighted by Crippen LogP contribution is -2.20. The van der Waals surface area contributed by atoms with Crippen LogP contribution in [0.15, 0.2) is 24.3 Å². The second-order valence-electron chi connectivity index (χ2n) is 2.52. The Bertz CT molecular complexity index is 218. The van der Waals surface area contributed by atoms with E-state index < -0.39 is 7.75 Å². The zero-order valence-corrected chi connectivity index (χ0v) is 8.82. The van der Waals surface area contributed by atoms with Crippen LogP contribution in [0, 0.1) is 0 Å². The molecule has 0 aliphatic rings. The molecule has 0 aliphatic carbocycles. The highest BCUT2D eigenvalue weighted by Crippen LogP contribution is 2.39. The van der Waals surface area contributed by atoms with Crippen molar-refractivity contribution in [1.82, 2.24) is 4.67 Å². The van der Waals surface area contributed by atoms with Crippen LogP contribution in [-0.2, 0) is 4.57 Å². The normalized spacial score (nSPS) is 13.6. The molecular weight excluding hydrogens is 189 g/mol. The van der Waals surface area contributed by atoms with Gasteiger partial charge in [-0.1, -0.05) is 24.3 Å². The molecule has 0 fully saturated rings. The van der Waals surface area contributed by atoms with Crippen LogP contribution >= 0.6 is 7.75 Å². The summed E-state index contributed by atoms with van der Waals surface area (Å²) >= 11 is 0. The molecule has 2 N–H and O–H groups in total. The van der Waals surface area contributed by atoms with E-state index in [9.17, 15) is 4.57 Å². The molecule has 0 aromatic carbocycles. The molecule has 0 bridgehead atoms. The first-order valence-corrected chi connectivity index (χ1v) is 5.62. The number of allylic oxidation sites excluding steroid dienone is 2. The first-order chi connectivity index (χ1) is 6.02. The summed E-state index contributed by atoms with van der Waals surface area (Å²) in [4.78, 5) is 17.8. The molecule has 0 radical (unpaired) electrons. The van der Waals surface area contributed by atoms with E-state index in [1.165, 1.54) is 0 Å². The lowest BCUT2D eigenvalue weighted by Gasteiger charge is -2.19. The van der Waals surface area contributed by atoms with Crippen molar-refractivity contribution in [3.05, 3.63) is 24.3 Å². The topological polar surface area (TPSA) is 60.8 Å². The maximum absolute atomic E-state index is 10.9. The minimum Gasteiger partial charge on any atom is -0.312 e. The maximum atomic E-state index is 10.9. The lowest BCUT2D eigenvalue weighted by atomic mass is 10.5. The van der Waals surface area contributed by atoms with Gasteiger partial charge >= 0.3 is 7.75 Å². The maximum Gasteiger partial charge on any atom is 0.403 e. The third-order valence-corrected chi connectivity index (χ3v) is 2.54. The Balaban J connectivity index is 4.28. The van der Waals surface area contributed by atoms with Gasteiger partial charge in [-0.05, 0) is 13.8 Å². The highest BCUT2D eigenvalue weighted by atomic mass is 31.2. The summed E-state index contributed by atoms with van der Waals surface area (Å²) in [6, 6.07) is 0. The van der Waals surface area contributed by atoms with Gasteiger partial charge in [0.2, 0.25) is 0 Å². The molecule has 0 aliphatic heterocycles. The quantitative estimate of drug-likeness (QED) is 0.528. The Kier molecular flexibility index (Phi) is 5.91. The zero-order chi connectivity index (χ0) is 10.3. The van der Waals surface area contributed by atoms with Crippen molar-refractivity contribution in [2.24, 2.45) is 0 Å². The first kappa shape index (κ1) is 12.6. The van der Waals surface area contributed by atoms with Crippen LogP contribution in [0.3, 0.4) is 0 Å². The predicted octanol–water partition coefficient (Wildman–Crippen LogP) is 1.53. The van der Waals surface area contributed by atoms with Crippen LogP contribution in [0.1, 0.15) is 13.8 Å². The number of nitrogens with zero attached hydrogens (tertiary/aromatic N) is 1. The second kappa shape index (κ2) is 6.11. The molecule has 76 valence electrons. The van der Waals surface area contributed by atoms with Gasteiger partial charge < -0.3 is 9.79 Å². The summed E-state index contributed by atoms with van der Waals surface area (Å²) < 4.78 is 12.0. The van der Waals surface area contributed by atoms with E-state index in [0.717, 1.165) is 4.67 Å². The summed E-state index contributed by atoms with van der Waals surface area (Å²) in [5, 5.41) is 0. The Morgan fingerprint density at radius 2 is 1.54 bits per heavy atom. The molecule has 0 aromatic heterocycles. The Labute approximate surface area is 78.8 Å². The lowest BCUT2D eigenvalue weighted by molar-refractivity contribution is 0.291. The molecule has 0 aromatic rings. The number of hydrogen-bond donors (Lipinski definition) is 2. The van der Waals surface area contributed by atoms with Crippen molar-refractivity contribution in [2.75, 3.05) is 13.1 Å². The molecule has 0 saturated carbocycles. The summed E-state index contributed by atoms with van der Waals surface area (Å²) in [7, 11) is -4.10. The van der Waals surface area contributed by atoms with Gasteiger partial charge in [0.05, 0.1) is 0 Å². The molecular formula is C8H16NO3P. The van der Waals surface area contributed by atoms with Gasteiger partial charge in [-0.3, -0.25) is 0 Å². The van der Waals surface area contributed by atoms with Crippen molar-refractivity contribution < 1.29 is 14.4 Å². The van der Waals surface area contributed by atoms with Gasteiger partial charge in [-0.25, -0.2) is 9.24 Å². The highest BCUT2D eigenvalue weighted by molar-refractivity contribution is 7.49. The Morgan fingerprint density at radius 1 is 1.15 bits per heavy atom. The van der Waals surface area contributed by atoms with E-state index >= 15 is 0 Å². The van der Waals surface area contributed by atoms with Crippen molar-refractivity contribution in [3.63, 3.8) is 0 Å². The smallest absolute Gasteiger partial charge is 0.312 e. The van der Waals surface area contributed by atoms with E-state index in [2.05, 4.69) is 0 Å². The highest BCUT2D eigenvalue weighted by Gasteiger charge is 2.22. The van der Waals surface area contributed by atoms with Crippen molar-refractivity contribution in [3.8, 4) is 0 Å². The molecule has 0 unspecified atom stereocenters.